The summed E-state index contributed by atoms with van der Waals surface area (Å²) >= 11 is 0. The molecule has 1 fully saturated rings. The lowest BCUT2D eigenvalue weighted by Gasteiger charge is -2.34. The third-order valence-electron chi connectivity index (χ3n) is 5.06. The molecule has 3 heterocycles. The number of morpholine rings is 1. The number of imidazole rings is 1. The number of aromatic nitrogens is 3. The lowest BCUT2D eigenvalue weighted by molar-refractivity contribution is -0.122. The van der Waals surface area contributed by atoms with Crippen molar-refractivity contribution in [3.63, 3.8) is 0 Å². The molecule has 0 spiro atoms. The minimum Gasteiger partial charge on any atom is -0.483 e. The summed E-state index contributed by atoms with van der Waals surface area (Å²) in [6.07, 6.45) is 4.82. The van der Waals surface area contributed by atoms with E-state index in [4.69, 9.17) is 14.6 Å². The van der Waals surface area contributed by atoms with Crippen molar-refractivity contribution in [3.05, 3.63) is 48.5 Å². The van der Waals surface area contributed by atoms with Crippen molar-refractivity contribution >= 4 is 17.4 Å². The first-order chi connectivity index (χ1) is 14.2. The molecule has 3 aromatic rings. The van der Waals surface area contributed by atoms with Crippen LogP contribution in [0.2, 0.25) is 0 Å². The Bertz CT molecular complexity index is 941. The van der Waals surface area contributed by atoms with Crippen molar-refractivity contribution in [2.75, 3.05) is 26.3 Å². The molecule has 7 nitrogen and oxygen atoms in total. The molecule has 1 aromatic carbocycles. The molecule has 0 radical (unpaired) electrons. The number of benzene rings is 1. The van der Waals surface area contributed by atoms with E-state index in [9.17, 15) is 4.39 Å². The fourth-order valence-electron chi connectivity index (χ4n) is 3.60. The van der Waals surface area contributed by atoms with Crippen LogP contribution in [0.15, 0.2) is 42.7 Å². The molecule has 154 valence electrons. The highest BCUT2D eigenvalue weighted by Crippen LogP contribution is 2.22. The zero-order valence-electron chi connectivity index (χ0n) is 16.4. The number of fused-ring (bicyclic) bond motifs is 1. The highest BCUT2D eigenvalue weighted by atomic mass is 19.1. The maximum atomic E-state index is 14.1. The van der Waals surface area contributed by atoms with Gasteiger partial charge in [-0.05, 0) is 18.6 Å². The molecule has 1 aliphatic rings. The van der Waals surface area contributed by atoms with Gasteiger partial charge < -0.3 is 14.4 Å². The normalized spacial score (nSPS) is 15.5. The van der Waals surface area contributed by atoms with Gasteiger partial charge in [0.05, 0.1) is 13.2 Å². The second-order valence-electron chi connectivity index (χ2n) is 6.73. The minimum atomic E-state index is -0.304. The average molecular weight is 400 g/mol. The second-order valence-corrected chi connectivity index (χ2v) is 6.73. The van der Waals surface area contributed by atoms with Crippen LogP contribution in [0.4, 0.5) is 4.39 Å². The molecule has 1 atom stereocenters. The molecule has 29 heavy (non-hydrogen) atoms. The van der Waals surface area contributed by atoms with Crippen LogP contribution >= 0.6 is 0 Å². The number of rotatable bonds is 5. The topological polar surface area (TPSA) is 80.5 Å². The standard InChI is InChI=1S/C20H23FN4O.CH2O2/c1-2-16(24-10-12-26-13-11-24)14-25-9-8-22-20(25)18-7-6-15-4-3-5-17(21)19(15)23-18;2-1-3/h3-9,16H,2,10-14H2,1H3;1H,(H,2,3). The van der Waals surface area contributed by atoms with E-state index in [2.05, 4.69) is 26.4 Å². The van der Waals surface area contributed by atoms with E-state index < -0.39 is 0 Å². The van der Waals surface area contributed by atoms with Gasteiger partial charge in [-0.3, -0.25) is 9.69 Å². The van der Waals surface area contributed by atoms with Gasteiger partial charge >= 0.3 is 0 Å². The van der Waals surface area contributed by atoms with Gasteiger partial charge in [0.1, 0.15) is 17.0 Å². The summed E-state index contributed by atoms with van der Waals surface area (Å²) in [4.78, 5) is 19.9. The summed E-state index contributed by atoms with van der Waals surface area (Å²) in [5, 5.41) is 7.69. The maximum absolute atomic E-state index is 14.1. The van der Waals surface area contributed by atoms with Crippen molar-refractivity contribution in [1.82, 2.24) is 19.4 Å². The summed E-state index contributed by atoms with van der Waals surface area (Å²) in [6, 6.07) is 9.25. The Labute approximate surface area is 168 Å². The number of pyridine rings is 1. The Morgan fingerprint density at radius 3 is 2.76 bits per heavy atom. The molecular formula is C21H25FN4O3. The van der Waals surface area contributed by atoms with E-state index in [1.165, 1.54) is 6.07 Å². The van der Waals surface area contributed by atoms with Gasteiger partial charge in [0.25, 0.3) is 6.47 Å². The van der Waals surface area contributed by atoms with E-state index >= 15 is 0 Å². The smallest absolute Gasteiger partial charge is 0.290 e. The van der Waals surface area contributed by atoms with Gasteiger partial charge in [-0.2, -0.15) is 0 Å². The zero-order chi connectivity index (χ0) is 20.6. The van der Waals surface area contributed by atoms with Gasteiger partial charge in [0, 0.05) is 43.5 Å². The van der Waals surface area contributed by atoms with Crippen LogP contribution in [0, 0.1) is 5.82 Å². The highest BCUT2D eigenvalue weighted by Gasteiger charge is 2.21. The maximum Gasteiger partial charge on any atom is 0.290 e. The van der Waals surface area contributed by atoms with Gasteiger partial charge in [-0.25, -0.2) is 14.4 Å². The highest BCUT2D eigenvalue weighted by molar-refractivity contribution is 5.81. The molecule has 2 aromatic heterocycles. The fourth-order valence-corrected chi connectivity index (χ4v) is 3.60. The monoisotopic (exact) mass is 400 g/mol. The minimum absolute atomic E-state index is 0.250. The van der Waals surface area contributed by atoms with Crippen molar-refractivity contribution in [2.24, 2.45) is 0 Å². The number of carboxylic acid groups (broad SMARTS) is 1. The lowest BCUT2D eigenvalue weighted by atomic mass is 10.1. The van der Waals surface area contributed by atoms with Crippen LogP contribution in [0.1, 0.15) is 13.3 Å². The molecule has 1 aliphatic heterocycles. The first-order valence-electron chi connectivity index (χ1n) is 9.64. The summed E-state index contributed by atoms with van der Waals surface area (Å²) in [5.41, 5.74) is 1.09. The van der Waals surface area contributed by atoms with Crippen molar-refractivity contribution in [1.29, 1.82) is 0 Å². The molecule has 8 heteroatoms. The van der Waals surface area contributed by atoms with Crippen LogP contribution < -0.4 is 0 Å². The number of hydrogen-bond donors (Lipinski definition) is 1. The van der Waals surface area contributed by atoms with Crippen LogP contribution in [0.25, 0.3) is 22.4 Å². The number of hydrogen-bond acceptors (Lipinski definition) is 5. The average Bonchev–Trinajstić information content (AvgIpc) is 3.21. The molecule has 4 rings (SSSR count). The van der Waals surface area contributed by atoms with Crippen LogP contribution in [-0.2, 0) is 16.1 Å². The molecule has 1 N–H and O–H groups in total. The first-order valence-corrected chi connectivity index (χ1v) is 9.64. The van der Waals surface area contributed by atoms with Crippen molar-refractivity contribution < 1.29 is 19.0 Å². The molecule has 0 bridgehead atoms. The number of halogens is 1. The predicted octanol–water partition coefficient (Wildman–Crippen LogP) is 3.05. The van der Waals surface area contributed by atoms with Crippen molar-refractivity contribution in [3.8, 4) is 11.5 Å². The Balaban J connectivity index is 0.000000755. The molecule has 0 saturated carbocycles. The first kappa shape index (κ1) is 20.9. The Kier molecular flexibility index (Phi) is 7.26. The SMILES string of the molecule is CCC(Cn1ccnc1-c1ccc2cccc(F)c2n1)N1CCOCC1.O=CO. The van der Waals surface area contributed by atoms with Crippen LogP contribution in [-0.4, -0.2) is 63.4 Å². The van der Waals surface area contributed by atoms with E-state index in [-0.39, 0.29) is 12.3 Å². The largest absolute Gasteiger partial charge is 0.483 e. The van der Waals surface area contributed by atoms with Gasteiger partial charge in [-0.15, -0.1) is 0 Å². The molecule has 1 saturated heterocycles. The Morgan fingerprint density at radius 1 is 1.28 bits per heavy atom. The van der Waals surface area contributed by atoms with E-state index in [1.807, 2.05) is 24.4 Å². The van der Waals surface area contributed by atoms with E-state index in [0.717, 1.165) is 50.5 Å². The third kappa shape index (κ3) is 4.96. The van der Waals surface area contributed by atoms with Crippen LogP contribution in [0.5, 0.6) is 0 Å². The van der Waals surface area contributed by atoms with Gasteiger partial charge in [0.15, 0.2) is 5.82 Å². The number of ether oxygens (including phenoxy) is 1. The Hall–Kier alpha value is -2.84. The number of carbonyl (C=O) groups is 1. The quantitative estimate of drug-likeness (QED) is 0.663. The number of nitrogens with zero attached hydrogens (tertiary/aromatic N) is 4. The summed E-state index contributed by atoms with van der Waals surface area (Å²) in [5.74, 6) is 0.476. The summed E-state index contributed by atoms with van der Waals surface area (Å²) in [6.45, 7) is 6.30. The molecule has 0 aliphatic carbocycles. The summed E-state index contributed by atoms with van der Waals surface area (Å²) in [7, 11) is 0. The summed E-state index contributed by atoms with van der Waals surface area (Å²) < 4.78 is 21.7. The predicted molar refractivity (Wildman–Crippen MR) is 108 cm³/mol. The Morgan fingerprint density at radius 2 is 2.03 bits per heavy atom. The molecular weight excluding hydrogens is 375 g/mol. The van der Waals surface area contributed by atoms with E-state index in [0.29, 0.717) is 17.3 Å². The zero-order valence-corrected chi connectivity index (χ0v) is 16.4. The van der Waals surface area contributed by atoms with E-state index in [1.54, 1.807) is 12.3 Å². The van der Waals surface area contributed by atoms with Crippen molar-refractivity contribution in [2.45, 2.75) is 25.9 Å². The number of para-hydroxylation sites is 1. The molecule has 0 amide bonds. The van der Waals surface area contributed by atoms with Gasteiger partial charge in [-0.1, -0.05) is 25.1 Å². The van der Waals surface area contributed by atoms with Crippen LogP contribution in [0.3, 0.4) is 0 Å². The fraction of sp³-hybridized carbons (Fsp3) is 0.381. The lowest BCUT2D eigenvalue weighted by Crippen LogP contribution is -2.45. The van der Waals surface area contributed by atoms with Gasteiger partial charge in [0.2, 0.25) is 0 Å². The third-order valence-corrected chi connectivity index (χ3v) is 5.06. The second kappa shape index (κ2) is 10.1. The molecule has 1 unspecified atom stereocenters.